The minimum atomic E-state index is -0.0908. The highest BCUT2D eigenvalue weighted by Gasteiger charge is 2.04. The van der Waals surface area contributed by atoms with Gasteiger partial charge in [0.1, 0.15) is 0 Å². The van der Waals surface area contributed by atoms with Crippen molar-refractivity contribution in [2.45, 2.75) is 25.6 Å². The lowest BCUT2D eigenvalue weighted by molar-refractivity contribution is 0.645. The van der Waals surface area contributed by atoms with Crippen LogP contribution >= 0.6 is 12.6 Å². The zero-order valence-corrected chi connectivity index (χ0v) is 6.50. The summed E-state index contributed by atoms with van der Waals surface area (Å²) in [6.07, 6.45) is 3.82. The van der Waals surface area contributed by atoms with Crippen LogP contribution in [0, 0.1) is 0 Å². The Labute approximate surface area is 56.6 Å². The summed E-state index contributed by atoms with van der Waals surface area (Å²) in [5.74, 6) is 0. The molecular weight excluding hydrogens is 118 g/mol. The maximum absolute atomic E-state index is 4.23. The second kappa shape index (κ2) is 3.02. The Morgan fingerprint density at radius 3 is 2.12 bits per heavy atom. The van der Waals surface area contributed by atoms with Gasteiger partial charge >= 0.3 is 0 Å². The van der Waals surface area contributed by atoms with Crippen molar-refractivity contribution >= 4 is 12.6 Å². The molecule has 0 aliphatic rings. The van der Waals surface area contributed by atoms with Crippen molar-refractivity contribution in [2.24, 2.45) is 0 Å². The van der Waals surface area contributed by atoms with Crippen LogP contribution in [0.15, 0.2) is 12.3 Å². The first-order valence-corrected chi connectivity index (χ1v) is 3.12. The number of thiol groups is 1. The van der Waals surface area contributed by atoms with Crippen molar-refractivity contribution in [3.63, 3.8) is 0 Å². The molecule has 0 radical (unpaired) electrons. The van der Waals surface area contributed by atoms with E-state index in [0.29, 0.717) is 0 Å². The van der Waals surface area contributed by atoms with Gasteiger partial charge in [0.2, 0.25) is 0 Å². The van der Waals surface area contributed by atoms with Crippen LogP contribution in [-0.2, 0) is 0 Å². The number of hydrogen-bond acceptors (Lipinski definition) is 2. The molecule has 0 fully saturated rings. The Hall–Kier alpha value is -0.110. The van der Waals surface area contributed by atoms with Gasteiger partial charge in [0, 0.05) is 0 Å². The molecule has 0 aromatic carbocycles. The Kier molecular flexibility index (Phi) is 2.98. The lowest BCUT2D eigenvalue weighted by atomic mass is 10.4. The van der Waals surface area contributed by atoms with E-state index in [1.165, 1.54) is 0 Å². The van der Waals surface area contributed by atoms with Crippen LogP contribution in [0.2, 0.25) is 0 Å². The highest BCUT2D eigenvalue weighted by atomic mass is 32.1. The van der Waals surface area contributed by atoms with Crippen molar-refractivity contribution in [3.8, 4) is 0 Å². The minimum absolute atomic E-state index is 0.0908. The molecule has 0 saturated heterocycles. The fraction of sp³-hybridized carbons (Fsp3) is 0.667. The average molecular weight is 131 g/mol. The molecule has 0 heterocycles. The van der Waals surface area contributed by atoms with E-state index in [1.54, 1.807) is 0 Å². The smallest absolute Gasteiger partial charge is 0.0742 e. The molecule has 0 aromatic heterocycles. The first kappa shape index (κ1) is 7.89. The van der Waals surface area contributed by atoms with Gasteiger partial charge in [-0.1, -0.05) is 6.08 Å². The lowest BCUT2D eigenvalue weighted by Crippen LogP contribution is -2.27. The molecule has 0 bridgehead atoms. The van der Waals surface area contributed by atoms with E-state index < -0.39 is 0 Å². The summed E-state index contributed by atoms with van der Waals surface area (Å²) in [6, 6.07) is 0. The molecule has 0 saturated carbocycles. The van der Waals surface area contributed by atoms with Gasteiger partial charge in [0.25, 0.3) is 0 Å². The van der Waals surface area contributed by atoms with Crippen LogP contribution < -0.4 is 5.32 Å². The Morgan fingerprint density at radius 2 is 2.00 bits per heavy atom. The van der Waals surface area contributed by atoms with Gasteiger partial charge in [0.15, 0.2) is 0 Å². The van der Waals surface area contributed by atoms with E-state index in [2.05, 4.69) is 17.9 Å². The van der Waals surface area contributed by atoms with Crippen LogP contribution in [-0.4, -0.2) is 4.87 Å². The van der Waals surface area contributed by atoms with E-state index in [1.807, 2.05) is 33.0 Å². The number of rotatable bonds is 2. The highest BCUT2D eigenvalue weighted by molar-refractivity contribution is 7.81. The van der Waals surface area contributed by atoms with Crippen LogP contribution in [0.1, 0.15) is 20.8 Å². The molecule has 0 aliphatic heterocycles. The second-order valence-electron chi connectivity index (χ2n) is 2.20. The average Bonchev–Trinajstić information content (AvgIpc) is 1.59. The number of hydrogen-bond donors (Lipinski definition) is 2. The summed E-state index contributed by atoms with van der Waals surface area (Å²) >= 11 is 4.23. The molecule has 8 heavy (non-hydrogen) atoms. The fourth-order valence-corrected chi connectivity index (χ4v) is 0.362. The molecule has 0 atom stereocenters. The van der Waals surface area contributed by atoms with E-state index in [0.717, 1.165) is 0 Å². The maximum atomic E-state index is 4.23. The molecule has 48 valence electrons. The summed E-state index contributed by atoms with van der Waals surface area (Å²) in [7, 11) is 0. The van der Waals surface area contributed by atoms with Gasteiger partial charge in [-0.3, -0.25) is 0 Å². The second-order valence-corrected chi connectivity index (χ2v) is 3.32. The number of allylic oxidation sites excluding steroid dienone is 1. The van der Waals surface area contributed by atoms with E-state index >= 15 is 0 Å². The Bertz CT molecular complexity index is 81.0. The van der Waals surface area contributed by atoms with Gasteiger partial charge < -0.3 is 5.32 Å². The standard InChI is InChI=1S/C6H13NS/c1-4-5-7-6(2,3)8/h4-5,7-8H,1-3H3. The van der Waals surface area contributed by atoms with Crippen molar-refractivity contribution in [1.82, 2.24) is 5.32 Å². The number of nitrogens with one attached hydrogen (secondary N) is 1. The predicted molar refractivity (Wildman–Crippen MR) is 41.0 cm³/mol. The van der Waals surface area contributed by atoms with Gasteiger partial charge in [-0.25, -0.2) is 0 Å². The third kappa shape index (κ3) is 5.89. The summed E-state index contributed by atoms with van der Waals surface area (Å²) in [5, 5.41) is 3.06. The molecule has 0 rings (SSSR count). The minimum Gasteiger partial charge on any atom is -0.378 e. The van der Waals surface area contributed by atoms with Crippen LogP contribution in [0.5, 0.6) is 0 Å². The summed E-state index contributed by atoms with van der Waals surface area (Å²) in [4.78, 5) is -0.0908. The molecule has 0 aromatic rings. The highest BCUT2D eigenvalue weighted by Crippen LogP contribution is 2.05. The van der Waals surface area contributed by atoms with Gasteiger partial charge in [-0.2, -0.15) is 12.6 Å². The van der Waals surface area contributed by atoms with Crippen molar-refractivity contribution in [3.05, 3.63) is 12.3 Å². The third-order valence-corrected chi connectivity index (χ3v) is 0.732. The van der Waals surface area contributed by atoms with Crippen LogP contribution in [0.4, 0.5) is 0 Å². The van der Waals surface area contributed by atoms with E-state index in [-0.39, 0.29) is 4.87 Å². The van der Waals surface area contributed by atoms with Gasteiger partial charge in [-0.15, -0.1) is 0 Å². The molecule has 0 aliphatic carbocycles. The first-order chi connectivity index (χ1) is 3.56. The molecule has 2 heteroatoms. The third-order valence-electron chi connectivity index (χ3n) is 0.603. The monoisotopic (exact) mass is 131 g/mol. The summed E-state index contributed by atoms with van der Waals surface area (Å²) in [6.45, 7) is 5.96. The Morgan fingerprint density at radius 1 is 1.50 bits per heavy atom. The molecule has 1 nitrogen and oxygen atoms in total. The first-order valence-electron chi connectivity index (χ1n) is 2.67. The molecular formula is C6H13NS. The van der Waals surface area contributed by atoms with E-state index in [4.69, 9.17) is 0 Å². The predicted octanol–water partition coefficient (Wildman–Crippen LogP) is 1.78. The SMILES string of the molecule is CC=CNC(C)(C)S. The zero-order chi connectivity index (χ0) is 6.62. The zero-order valence-electron chi connectivity index (χ0n) is 5.60. The van der Waals surface area contributed by atoms with Gasteiger partial charge in [0.05, 0.1) is 4.87 Å². The largest absolute Gasteiger partial charge is 0.378 e. The van der Waals surface area contributed by atoms with E-state index in [9.17, 15) is 0 Å². The fourth-order valence-electron chi connectivity index (χ4n) is 0.287. The molecule has 0 amide bonds. The maximum Gasteiger partial charge on any atom is 0.0742 e. The molecule has 1 N–H and O–H groups in total. The van der Waals surface area contributed by atoms with Crippen molar-refractivity contribution in [1.29, 1.82) is 0 Å². The quantitative estimate of drug-likeness (QED) is 0.430. The normalized spacial score (nSPS) is 12.5. The summed E-state index contributed by atoms with van der Waals surface area (Å²) < 4.78 is 0. The van der Waals surface area contributed by atoms with Crippen LogP contribution in [0.25, 0.3) is 0 Å². The molecule has 0 spiro atoms. The molecule has 0 unspecified atom stereocenters. The van der Waals surface area contributed by atoms with Crippen molar-refractivity contribution in [2.75, 3.05) is 0 Å². The lowest BCUT2D eigenvalue weighted by Gasteiger charge is -2.16. The van der Waals surface area contributed by atoms with Crippen LogP contribution in [0.3, 0.4) is 0 Å². The van der Waals surface area contributed by atoms with Crippen molar-refractivity contribution < 1.29 is 0 Å². The topological polar surface area (TPSA) is 12.0 Å². The summed E-state index contributed by atoms with van der Waals surface area (Å²) in [5.41, 5.74) is 0. The van der Waals surface area contributed by atoms with Gasteiger partial charge in [-0.05, 0) is 27.0 Å². The Balaban J connectivity index is 3.39.